The van der Waals surface area contributed by atoms with E-state index in [1.54, 1.807) is 12.4 Å². The van der Waals surface area contributed by atoms with Crippen LogP contribution in [-0.4, -0.2) is 43.7 Å². The Morgan fingerprint density at radius 1 is 0.178 bits per heavy atom. The molecule has 1 aromatic heterocycles. The van der Waals surface area contributed by atoms with Crippen molar-refractivity contribution in [2.45, 2.75) is 0 Å². The van der Waals surface area contributed by atoms with Crippen LogP contribution in [0.2, 0.25) is 0 Å². The lowest BCUT2D eigenvalue weighted by Crippen LogP contribution is -2.60. The number of nitrogens with one attached hydrogen (secondary N) is 1. The molecule has 0 atom stereocenters. The molecule has 0 bridgehead atoms. The van der Waals surface area contributed by atoms with Gasteiger partial charge in [0.1, 0.15) is 0 Å². The monoisotopic (exact) mass is 1120 g/mol. The molecule has 0 aliphatic carbocycles. The van der Waals surface area contributed by atoms with Crippen molar-refractivity contribution in [1.29, 1.82) is 0 Å². The third-order valence-corrected chi connectivity index (χ3v) is 16.0. The average Bonchev–Trinajstić information content (AvgIpc) is 3.97. The van der Waals surface area contributed by atoms with Crippen molar-refractivity contribution in [3.05, 3.63) is 187 Å². The van der Waals surface area contributed by atoms with E-state index < -0.39 is 229 Å². The highest BCUT2D eigenvalue weighted by Crippen LogP contribution is 2.26. The van der Waals surface area contributed by atoms with Gasteiger partial charge in [0.15, 0.2) is 175 Å². The lowest BCUT2D eigenvalue weighted by molar-refractivity contribution is 0.380. The molecule has 0 saturated carbocycles. The van der Waals surface area contributed by atoms with Gasteiger partial charge in [-0.2, -0.15) is 15.4 Å². The Morgan fingerprint density at radius 2 is 0.274 bits per heavy atom. The Labute approximate surface area is 388 Å². The normalized spacial score (nSPS) is 11.2. The summed E-state index contributed by atoms with van der Waals surface area (Å²) >= 11 is -11.9. The van der Waals surface area contributed by atoms with E-state index in [1.807, 2.05) is 0 Å². The number of halogens is 30. The second kappa shape index (κ2) is 21.5. The predicted molar refractivity (Wildman–Crippen MR) is 183 cm³/mol. The molecule has 0 fully saturated rings. The van der Waals surface area contributed by atoms with Gasteiger partial charge in [0, 0.05) is 0 Å². The SMILES string of the molecule is Fc1c(F)c(F)[c]([Al]([c]2c(F)c(F)c(F)c(F)c2F)[c]2c(F)c(F)c(F)c(F)c2F)c(F)c1F.Fc1c(F)c(F)[c]([Al]([c]2c(F)c(F)c(F)c(F)c2F)[c]2c(F)c(F)c(F)c(F)c2F)c(F)c1F.c1cn[nH]n1. The van der Waals surface area contributed by atoms with E-state index in [9.17, 15) is 132 Å². The van der Waals surface area contributed by atoms with Crippen molar-refractivity contribution in [3.8, 4) is 0 Å². The molecule has 0 unspecified atom stereocenters. The number of aromatic amines is 1. The molecule has 0 spiro atoms. The second-order valence-corrected chi connectivity index (χ2v) is 18.6. The molecule has 386 valence electrons. The van der Waals surface area contributed by atoms with Gasteiger partial charge in [0.2, 0.25) is 0 Å². The van der Waals surface area contributed by atoms with Crippen LogP contribution in [-0.2, 0) is 0 Å². The van der Waals surface area contributed by atoms with E-state index in [4.69, 9.17) is 0 Å². The van der Waals surface area contributed by atoms with Crippen molar-refractivity contribution in [3.63, 3.8) is 0 Å². The fraction of sp³-hybridized carbons (Fsp3) is 0. The Bertz CT molecular complexity index is 2660. The molecule has 6 aromatic carbocycles. The number of hydrogen-bond donors (Lipinski definition) is 1. The third kappa shape index (κ3) is 9.50. The van der Waals surface area contributed by atoms with Crippen LogP contribution in [0.15, 0.2) is 12.4 Å². The van der Waals surface area contributed by atoms with Gasteiger partial charge in [-0.15, -0.1) is 0 Å². The maximum absolute atomic E-state index is 14.4. The molecule has 0 aliphatic rings. The molecule has 0 saturated heterocycles. The first-order valence-corrected chi connectivity index (χ1v) is 21.2. The van der Waals surface area contributed by atoms with E-state index in [0.717, 1.165) is 0 Å². The largest absolute Gasteiger partial charge is 0.413 e. The highest BCUT2D eigenvalue weighted by atomic mass is 27.2. The molecule has 3 nitrogen and oxygen atoms in total. The number of hydrogen-bond acceptors (Lipinski definition) is 2. The van der Waals surface area contributed by atoms with Crippen molar-refractivity contribution in [2.75, 3.05) is 0 Å². The first-order valence-electron chi connectivity index (χ1n) is 17.7. The van der Waals surface area contributed by atoms with Gasteiger partial charge in [0.25, 0.3) is 0 Å². The van der Waals surface area contributed by atoms with Crippen LogP contribution in [0, 0.1) is 175 Å². The predicted octanol–water partition coefficient (Wildman–Crippen LogP) is 8.38. The number of nitrogens with zero attached hydrogens (tertiary/aromatic N) is 2. The molecule has 0 radical (unpaired) electrons. The maximum Gasteiger partial charge on any atom is 0.413 e. The highest BCUT2D eigenvalue weighted by Gasteiger charge is 2.49. The number of H-pyrrole nitrogens is 1. The van der Waals surface area contributed by atoms with E-state index in [0.29, 0.717) is 0 Å². The fourth-order valence-electron chi connectivity index (χ4n) is 6.28. The Hall–Kier alpha value is -6.58. The lowest BCUT2D eigenvalue weighted by atomic mass is 10.3. The first kappa shape index (κ1) is 57.3. The standard InChI is InChI=1S/6C6F5.C2H3N3.2Al/c6*7-2-1-3(8)5(10)6(11)4(2)9;1-2-4-5-3-1;;/h;;;;;;1-2H,(H,3,4,5);;. The third-order valence-electron chi connectivity index (χ3n) is 9.53. The minimum Gasteiger partial charge on any atom is -0.205 e. The molecule has 73 heavy (non-hydrogen) atoms. The van der Waals surface area contributed by atoms with Gasteiger partial charge in [-0.05, 0) is 26.6 Å². The first-order chi connectivity index (χ1) is 33.8. The zero-order valence-electron chi connectivity index (χ0n) is 33.0. The summed E-state index contributed by atoms with van der Waals surface area (Å²) in [4.78, 5) is 0. The Balaban J connectivity index is 0.000000246. The second-order valence-electron chi connectivity index (χ2n) is 13.4. The molecule has 0 aliphatic heterocycles. The quantitative estimate of drug-likeness (QED) is 0.0788. The summed E-state index contributed by atoms with van der Waals surface area (Å²) in [6.07, 6.45) is 3.17. The summed E-state index contributed by atoms with van der Waals surface area (Å²) < 4.78 is 403. The summed E-state index contributed by atoms with van der Waals surface area (Å²) in [6, 6.07) is 0. The van der Waals surface area contributed by atoms with E-state index >= 15 is 0 Å². The van der Waals surface area contributed by atoms with Crippen molar-refractivity contribution < 1.29 is 132 Å². The Morgan fingerprint density at radius 3 is 0.356 bits per heavy atom. The van der Waals surface area contributed by atoms with Gasteiger partial charge in [0.05, 0.1) is 12.4 Å². The van der Waals surface area contributed by atoms with Crippen LogP contribution in [0.4, 0.5) is 132 Å². The van der Waals surface area contributed by atoms with Crippen LogP contribution in [0.25, 0.3) is 0 Å². The summed E-state index contributed by atoms with van der Waals surface area (Å²) in [7, 11) is 0. The van der Waals surface area contributed by atoms with E-state index in [2.05, 4.69) is 15.4 Å². The minimum atomic E-state index is -5.96. The van der Waals surface area contributed by atoms with Crippen LogP contribution < -0.4 is 26.6 Å². The molecule has 7 rings (SSSR count). The molecule has 1 heterocycles. The number of benzene rings is 6. The summed E-state index contributed by atoms with van der Waals surface area (Å²) in [5, 5.41) is 9.33. The van der Waals surface area contributed by atoms with Crippen LogP contribution in [0.3, 0.4) is 0 Å². The molecule has 7 aromatic rings. The van der Waals surface area contributed by atoms with Gasteiger partial charge in [-0.25, -0.2) is 132 Å². The summed E-state index contributed by atoms with van der Waals surface area (Å²) in [5.41, 5.74) is 0. The highest BCUT2D eigenvalue weighted by molar-refractivity contribution is 6.96. The van der Waals surface area contributed by atoms with Gasteiger partial charge < -0.3 is 0 Å². The molecular weight excluding hydrogens is 1120 g/mol. The lowest BCUT2D eigenvalue weighted by Gasteiger charge is -2.20. The molecular formula is C38H3Al2F30N3. The van der Waals surface area contributed by atoms with Crippen LogP contribution in [0.1, 0.15) is 0 Å². The van der Waals surface area contributed by atoms with Crippen LogP contribution in [0.5, 0.6) is 0 Å². The maximum atomic E-state index is 14.4. The number of aromatic nitrogens is 3. The van der Waals surface area contributed by atoms with E-state index in [-0.39, 0.29) is 0 Å². The number of rotatable bonds is 6. The Kier molecular flexibility index (Phi) is 16.9. The van der Waals surface area contributed by atoms with E-state index in [1.165, 1.54) is 0 Å². The summed E-state index contributed by atoms with van der Waals surface area (Å²) in [6.45, 7) is 0. The molecule has 1 N–H and O–H groups in total. The summed E-state index contributed by atoms with van der Waals surface area (Å²) in [5.74, 6) is -89.2. The minimum absolute atomic E-state index is 1.58. The fourth-order valence-corrected chi connectivity index (χ4v) is 12.6. The average molecular weight is 1130 g/mol. The van der Waals surface area contributed by atoms with Gasteiger partial charge in [-0.3, -0.25) is 0 Å². The van der Waals surface area contributed by atoms with Crippen molar-refractivity contribution >= 4 is 54.8 Å². The molecule has 35 heteroatoms. The van der Waals surface area contributed by atoms with Crippen LogP contribution >= 0.6 is 0 Å². The topological polar surface area (TPSA) is 41.6 Å². The van der Waals surface area contributed by atoms with Gasteiger partial charge in [-0.1, -0.05) is 0 Å². The van der Waals surface area contributed by atoms with Gasteiger partial charge >= 0.3 is 28.3 Å². The smallest absolute Gasteiger partial charge is 0.205 e. The zero-order valence-corrected chi connectivity index (χ0v) is 35.4. The zero-order chi connectivity index (χ0) is 55.5. The van der Waals surface area contributed by atoms with Crippen molar-refractivity contribution in [1.82, 2.24) is 15.4 Å². The van der Waals surface area contributed by atoms with Crippen molar-refractivity contribution in [2.24, 2.45) is 0 Å². The molecule has 0 amide bonds.